The molecule has 3 aromatic rings. The zero-order chi connectivity index (χ0) is 18.0. The van der Waals surface area contributed by atoms with E-state index in [2.05, 4.69) is 11.9 Å². The van der Waals surface area contributed by atoms with Crippen molar-refractivity contribution in [2.24, 2.45) is 4.99 Å². The Kier molecular flexibility index (Phi) is 5.04. The first kappa shape index (κ1) is 17.4. The molecule has 0 bridgehead atoms. The SMILES string of the molecule is CCOc1cccc2sc(=NC(=O)c3cc(C)ccc3C)n(CC)c12. The number of thiazole rings is 1. The molecule has 2 aromatic carbocycles. The molecule has 130 valence electrons. The molecule has 0 unspecified atom stereocenters. The normalized spacial score (nSPS) is 11.9. The van der Waals surface area contributed by atoms with Crippen molar-refractivity contribution in [3.8, 4) is 5.75 Å². The third kappa shape index (κ3) is 3.37. The van der Waals surface area contributed by atoms with Crippen LogP contribution in [0.3, 0.4) is 0 Å². The van der Waals surface area contributed by atoms with Crippen molar-refractivity contribution >= 4 is 27.5 Å². The van der Waals surface area contributed by atoms with Crippen LogP contribution in [0.15, 0.2) is 41.4 Å². The molecule has 25 heavy (non-hydrogen) atoms. The minimum atomic E-state index is -0.201. The van der Waals surface area contributed by atoms with Gasteiger partial charge in [-0.15, -0.1) is 0 Å². The summed E-state index contributed by atoms with van der Waals surface area (Å²) in [5.74, 6) is 0.631. The average Bonchev–Trinajstić information content (AvgIpc) is 2.95. The monoisotopic (exact) mass is 354 g/mol. The van der Waals surface area contributed by atoms with E-state index in [1.807, 2.05) is 61.7 Å². The van der Waals surface area contributed by atoms with Crippen molar-refractivity contribution in [2.45, 2.75) is 34.2 Å². The number of carbonyl (C=O) groups excluding carboxylic acids is 1. The van der Waals surface area contributed by atoms with Crippen LogP contribution < -0.4 is 9.54 Å². The molecule has 0 aliphatic carbocycles. The van der Waals surface area contributed by atoms with Gasteiger partial charge < -0.3 is 9.30 Å². The number of benzene rings is 2. The van der Waals surface area contributed by atoms with Gasteiger partial charge in [0, 0.05) is 12.1 Å². The van der Waals surface area contributed by atoms with Crippen molar-refractivity contribution in [2.75, 3.05) is 6.61 Å². The number of carbonyl (C=O) groups is 1. The predicted octanol–water partition coefficient (Wildman–Crippen LogP) is 4.48. The molecule has 0 radical (unpaired) electrons. The summed E-state index contributed by atoms with van der Waals surface area (Å²) in [7, 11) is 0. The van der Waals surface area contributed by atoms with Crippen LogP contribution in [0.5, 0.6) is 5.75 Å². The lowest BCUT2D eigenvalue weighted by Crippen LogP contribution is -2.16. The van der Waals surface area contributed by atoms with E-state index in [0.29, 0.717) is 17.0 Å². The van der Waals surface area contributed by atoms with Crippen molar-refractivity contribution in [3.63, 3.8) is 0 Å². The summed E-state index contributed by atoms with van der Waals surface area (Å²) in [5.41, 5.74) is 3.66. The molecule has 0 saturated heterocycles. The van der Waals surface area contributed by atoms with Gasteiger partial charge in [0.1, 0.15) is 11.3 Å². The number of rotatable bonds is 4. The minimum absolute atomic E-state index is 0.201. The first-order valence-corrected chi connectivity index (χ1v) is 9.28. The molecule has 0 atom stereocenters. The van der Waals surface area contributed by atoms with Gasteiger partial charge in [0.15, 0.2) is 4.80 Å². The molecular formula is C20H22N2O2S. The van der Waals surface area contributed by atoms with Crippen LogP contribution in [0.25, 0.3) is 10.2 Å². The van der Waals surface area contributed by atoms with Crippen molar-refractivity contribution in [1.82, 2.24) is 4.57 Å². The highest BCUT2D eigenvalue weighted by Crippen LogP contribution is 2.27. The lowest BCUT2D eigenvalue weighted by atomic mass is 10.1. The van der Waals surface area contributed by atoms with Crippen molar-refractivity contribution in [3.05, 3.63) is 57.9 Å². The summed E-state index contributed by atoms with van der Waals surface area (Å²) in [4.78, 5) is 17.9. The highest BCUT2D eigenvalue weighted by molar-refractivity contribution is 7.16. The van der Waals surface area contributed by atoms with Gasteiger partial charge >= 0.3 is 0 Å². The standard InChI is InChI=1S/C20H22N2O2S/c1-5-22-18-16(24-6-2)8-7-9-17(18)25-20(22)21-19(23)15-12-13(3)10-11-14(15)4/h7-12H,5-6H2,1-4H3. The smallest absolute Gasteiger partial charge is 0.279 e. The van der Waals surface area contributed by atoms with E-state index in [1.165, 1.54) is 11.3 Å². The Morgan fingerprint density at radius 2 is 2.00 bits per heavy atom. The first-order valence-electron chi connectivity index (χ1n) is 8.46. The number of para-hydroxylation sites is 1. The summed E-state index contributed by atoms with van der Waals surface area (Å²) in [6, 6.07) is 11.8. The topological polar surface area (TPSA) is 43.6 Å². The van der Waals surface area contributed by atoms with Gasteiger partial charge in [-0.1, -0.05) is 35.1 Å². The zero-order valence-corrected chi connectivity index (χ0v) is 15.8. The maximum atomic E-state index is 12.7. The summed E-state index contributed by atoms with van der Waals surface area (Å²) in [5, 5.41) is 0. The fraction of sp³-hybridized carbons (Fsp3) is 0.300. The van der Waals surface area contributed by atoms with Crippen LogP contribution in [-0.2, 0) is 6.54 Å². The lowest BCUT2D eigenvalue weighted by Gasteiger charge is -2.07. The number of amides is 1. The van der Waals surface area contributed by atoms with Crippen molar-refractivity contribution in [1.29, 1.82) is 0 Å². The highest BCUT2D eigenvalue weighted by Gasteiger charge is 2.13. The van der Waals surface area contributed by atoms with E-state index in [4.69, 9.17) is 4.74 Å². The Bertz CT molecular complexity index is 999. The van der Waals surface area contributed by atoms with Gasteiger partial charge in [0.25, 0.3) is 5.91 Å². The molecule has 0 aliphatic rings. The summed E-state index contributed by atoms with van der Waals surface area (Å²) < 4.78 is 8.88. The second kappa shape index (κ2) is 7.23. The molecule has 0 fully saturated rings. The molecule has 3 rings (SSSR count). The van der Waals surface area contributed by atoms with Gasteiger partial charge in [-0.05, 0) is 51.5 Å². The van der Waals surface area contributed by atoms with Crippen LogP contribution in [-0.4, -0.2) is 17.1 Å². The molecular weight excluding hydrogens is 332 g/mol. The fourth-order valence-electron chi connectivity index (χ4n) is 2.86. The van der Waals surface area contributed by atoms with Crippen LogP contribution in [0.4, 0.5) is 0 Å². The number of aromatic nitrogens is 1. The van der Waals surface area contributed by atoms with E-state index < -0.39 is 0 Å². The van der Waals surface area contributed by atoms with Gasteiger partial charge in [0.05, 0.1) is 11.3 Å². The van der Waals surface area contributed by atoms with Gasteiger partial charge in [0.2, 0.25) is 0 Å². The first-order chi connectivity index (χ1) is 12.0. The highest BCUT2D eigenvalue weighted by atomic mass is 32.1. The Hall–Kier alpha value is -2.40. The molecule has 0 spiro atoms. The number of hydrogen-bond acceptors (Lipinski definition) is 3. The number of ether oxygens (including phenoxy) is 1. The zero-order valence-electron chi connectivity index (χ0n) is 15.0. The molecule has 1 amide bonds. The maximum absolute atomic E-state index is 12.7. The van der Waals surface area contributed by atoms with E-state index >= 15 is 0 Å². The van der Waals surface area contributed by atoms with E-state index in [1.54, 1.807) is 0 Å². The van der Waals surface area contributed by atoms with Crippen molar-refractivity contribution < 1.29 is 9.53 Å². The molecule has 4 nitrogen and oxygen atoms in total. The lowest BCUT2D eigenvalue weighted by molar-refractivity contribution is 0.0997. The number of hydrogen-bond donors (Lipinski definition) is 0. The second-order valence-electron chi connectivity index (χ2n) is 5.90. The summed E-state index contributed by atoms with van der Waals surface area (Å²) in [6.07, 6.45) is 0. The van der Waals surface area contributed by atoms with Gasteiger partial charge in [-0.25, -0.2) is 0 Å². The minimum Gasteiger partial charge on any atom is -0.492 e. The molecule has 0 saturated carbocycles. The number of aryl methyl sites for hydroxylation is 3. The largest absolute Gasteiger partial charge is 0.492 e. The molecule has 1 heterocycles. The Morgan fingerprint density at radius 3 is 2.72 bits per heavy atom. The second-order valence-corrected chi connectivity index (χ2v) is 6.91. The predicted molar refractivity (Wildman–Crippen MR) is 102 cm³/mol. The number of nitrogens with zero attached hydrogens (tertiary/aromatic N) is 2. The molecule has 0 aliphatic heterocycles. The van der Waals surface area contributed by atoms with Crippen LogP contribution >= 0.6 is 11.3 Å². The summed E-state index contributed by atoms with van der Waals surface area (Å²) >= 11 is 1.52. The Morgan fingerprint density at radius 1 is 1.20 bits per heavy atom. The van der Waals surface area contributed by atoms with Crippen LogP contribution in [0, 0.1) is 13.8 Å². The quantitative estimate of drug-likeness (QED) is 0.693. The molecule has 0 N–H and O–H groups in total. The Balaban J connectivity index is 2.18. The Labute approximate surface area is 151 Å². The van der Waals surface area contributed by atoms with E-state index in [0.717, 1.165) is 33.6 Å². The average molecular weight is 354 g/mol. The fourth-order valence-corrected chi connectivity index (χ4v) is 3.97. The summed E-state index contributed by atoms with van der Waals surface area (Å²) in [6.45, 7) is 9.27. The van der Waals surface area contributed by atoms with Crippen LogP contribution in [0.2, 0.25) is 0 Å². The maximum Gasteiger partial charge on any atom is 0.279 e. The van der Waals surface area contributed by atoms with Gasteiger partial charge in [-0.3, -0.25) is 4.79 Å². The van der Waals surface area contributed by atoms with E-state index in [-0.39, 0.29) is 5.91 Å². The van der Waals surface area contributed by atoms with Crippen LogP contribution in [0.1, 0.15) is 35.3 Å². The third-order valence-corrected chi connectivity index (χ3v) is 5.14. The van der Waals surface area contributed by atoms with E-state index in [9.17, 15) is 4.79 Å². The third-order valence-electron chi connectivity index (χ3n) is 4.10. The molecule has 5 heteroatoms. The molecule has 1 aromatic heterocycles. The van der Waals surface area contributed by atoms with Gasteiger partial charge in [-0.2, -0.15) is 4.99 Å². The number of fused-ring (bicyclic) bond motifs is 1.